The molecule has 1 aliphatic carbocycles. The Morgan fingerprint density at radius 2 is 2.00 bits per heavy atom. The molecule has 1 atom stereocenters. The highest BCUT2D eigenvalue weighted by atomic mass is 16.6. The lowest BCUT2D eigenvalue weighted by molar-refractivity contribution is 0.0996. The molecule has 0 unspecified atom stereocenters. The lowest BCUT2D eigenvalue weighted by Gasteiger charge is -2.28. The third-order valence-corrected chi connectivity index (χ3v) is 4.50. The van der Waals surface area contributed by atoms with Crippen molar-refractivity contribution in [2.75, 3.05) is 26.2 Å². The summed E-state index contributed by atoms with van der Waals surface area (Å²) in [6, 6.07) is 10.9. The number of amides is 1. The highest BCUT2D eigenvalue weighted by Gasteiger charge is 2.38. The van der Waals surface area contributed by atoms with Crippen LogP contribution in [0.25, 0.3) is 0 Å². The number of benzene rings is 1. The summed E-state index contributed by atoms with van der Waals surface area (Å²) < 4.78 is 5.42. The summed E-state index contributed by atoms with van der Waals surface area (Å²) in [7, 11) is 0. The largest absolute Gasteiger partial charge is 0.445 e. The molecule has 0 radical (unpaired) electrons. The summed E-state index contributed by atoms with van der Waals surface area (Å²) in [5.74, 6) is 0. The van der Waals surface area contributed by atoms with E-state index in [2.05, 4.69) is 4.90 Å². The summed E-state index contributed by atoms with van der Waals surface area (Å²) in [4.78, 5) is 16.5. The summed E-state index contributed by atoms with van der Waals surface area (Å²) >= 11 is 0. The molecule has 1 aliphatic heterocycles. The molecule has 3 rings (SSSR count). The zero-order chi connectivity index (χ0) is 15.4. The SMILES string of the molecule is NCCN(C1CC1)[C@H]1CCN(C(=O)OCc2ccccc2)C1. The second-order valence-electron chi connectivity index (χ2n) is 6.19. The molecule has 1 aromatic carbocycles. The molecule has 120 valence electrons. The van der Waals surface area contributed by atoms with Crippen LogP contribution in [0.5, 0.6) is 0 Å². The first-order chi connectivity index (χ1) is 10.8. The highest BCUT2D eigenvalue weighted by molar-refractivity contribution is 5.68. The van der Waals surface area contributed by atoms with E-state index < -0.39 is 0 Å². The van der Waals surface area contributed by atoms with E-state index in [0.29, 0.717) is 25.2 Å². The van der Waals surface area contributed by atoms with Gasteiger partial charge >= 0.3 is 6.09 Å². The Balaban J connectivity index is 1.48. The number of nitrogens with zero attached hydrogens (tertiary/aromatic N) is 2. The van der Waals surface area contributed by atoms with Crippen LogP contribution in [0.3, 0.4) is 0 Å². The third kappa shape index (κ3) is 3.78. The molecule has 1 amide bonds. The second-order valence-corrected chi connectivity index (χ2v) is 6.19. The Morgan fingerprint density at radius 1 is 1.23 bits per heavy atom. The van der Waals surface area contributed by atoms with Crippen LogP contribution in [-0.2, 0) is 11.3 Å². The van der Waals surface area contributed by atoms with E-state index in [4.69, 9.17) is 10.5 Å². The van der Waals surface area contributed by atoms with Gasteiger partial charge in [0.05, 0.1) is 0 Å². The Labute approximate surface area is 132 Å². The molecule has 2 N–H and O–H groups in total. The molecule has 1 aromatic rings. The molecule has 2 aliphatic rings. The molecular weight excluding hydrogens is 278 g/mol. The monoisotopic (exact) mass is 303 g/mol. The zero-order valence-electron chi connectivity index (χ0n) is 13.0. The number of ether oxygens (including phenoxy) is 1. The van der Waals surface area contributed by atoms with E-state index in [1.54, 1.807) is 0 Å². The first-order valence-corrected chi connectivity index (χ1v) is 8.19. The summed E-state index contributed by atoms with van der Waals surface area (Å²) in [6.07, 6.45) is 3.37. The van der Waals surface area contributed by atoms with Crippen LogP contribution in [0.4, 0.5) is 4.79 Å². The predicted molar refractivity (Wildman–Crippen MR) is 85.4 cm³/mol. The Hall–Kier alpha value is -1.59. The standard InChI is InChI=1S/C17H25N3O2/c18-9-11-20(15-6-7-15)16-8-10-19(12-16)17(21)22-13-14-4-2-1-3-5-14/h1-5,15-16H,6-13,18H2/t16-/m0/s1. The molecule has 5 heteroatoms. The van der Waals surface area contributed by atoms with Gasteiger partial charge in [0, 0.05) is 38.3 Å². The molecule has 1 saturated heterocycles. The van der Waals surface area contributed by atoms with Gasteiger partial charge in [-0.15, -0.1) is 0 Å². The van der Waals surface area contributed by atoms with E-state index in [0.717, 1.165) is 31.6 Å². The van der Waals surface area contributed by atoms with Crippen molar-refractivity contribution >= 4 is 6.09 Å². The number of hydrogen-bond acceptors (Lipinski definition) is 4. The van der Waals surface area contributed by atoms with Gasteiger partial charge in [0.1, 0.15) is 6.61 Å². The van der Waals surface area contributed by atoms with Gasteiger partial charge in [0.25, 0.3) is 0 Å². The molecule has 2 fully saturated rings. The van der Waals surface area contributed by atoms with Crippen molar-refractivity contribution in [3.05, 3.63) is 35.9 Å². The van der Waals surface area contributed by atoms with E-state index in [1.807, 2.05) is 35.2 Å². The molecule has 0 spiro atoms. The van der Waals surface area contributed by atoms with E-state index >= 15 is 0 Å². The number of carbonyl (C=O) groups is 1. The Morgan fingerprint density at radius 3 is 2.68 bits per heavy atom. The third-order valence-electron chi connectivity index (χ3n) is 4.50. The van der Waals surface area contributed by atoms with Crippen LogP contribution < -0.4 is 5.73 Å². The lowest BCUT2D eigenvalue weighted by Crippen LogP contribution is -2.42. The van der Waals surface area contributed by atoms with Gasteiger partial charge in [0.15, 0.2) is 0 Å². The van der Waals surface area contributed by atoms with E-state index in [9.17, 15) is 4.79 Å². The van der Waals surface area contributed by atoms with Crippen molar-refractivity contribution in [3.8, 4) is 0 Å². The van der Waals surface area contributed by atoms with Crippen LogP contribution in [0.1, 0.15) is 24.8 Å². The maximum Gasteiger partial charge on any atom is 0.410 e. The maximum atomic E-state index is 12.2. The molecule has 1 saturated carbocycles. The zero-order valence-corrected chi connectivity index (χ0v) is 13.0. The average Bonchev–Trinajstić information content (AvgIpc) is 3.27. The van der Waals surface area contributed by atoms with Gasteiger partial charge in [-0.05, 0) is 24.8 Å². The quantitative estimate of drug-likeness (QED) is 0.871. The minimum absolute atomic E-state index is 0.199. The first kappa shape index (κ1) is 15.3. The van der Waals surface area contributed by atoms with Gasteiger partial charge in [-0.3, -0.25) is 4.90 Å². The van der Waals surface area contributed by atoms with Crippen LogP contribution in [-0.4, -0.2) is 54.2 Å². The summed E-state index contributed by atoms with van der Waals surface area (Å²) in [5.41, 5.74) is 6.74. The summed E-state index contributed by atoms with van der Waals surface area (Å²) in [6.45, 7) is 3.51. The van der Waals surface area contributed by atoms with Crippen molar-refractivity contribution < 1.29 is 9.53 Å². The molecule has 5 nitrogen and oxygen atoms in total. The van der Waals surface area contributed by atoms with Crippen LogP contribution in [0.2, 0.25) is 0 Å². The number of likely N-dealkylation sites (tertiary alicyclic amines) is 1. The summed E-state index contributed by atoms with van der Waals surface area (Å²) in [5, 5.41) is 0. The highest BCUT2D eigenvalue weighted by Crippen LogP contribution is 2.31. The fraction of sp³-hybridized carbons (Fsp3) is 0.588. The average molecular weight is 303 g/mol. The smallest absolute Gasteiger partial charge is 0.410 e. The van der Waals surface area contributed by atoms with E-state index in [1.165, 1.54) is 12.8 Å². The fourth-order valence-corrected chi connectivity index (χ4v) is 3.21. The number of nitrogens with two attached hydrogens (primary N) is 1. The minimum atomic E-state index is -0.199. The maximum absolute atomic E-state index is 12.2. The van der Waals surface area contributed by atoms with Gasteiger partial charge in [-0.1, -0.05) is 30.3 Å². The number of carbonyl (C=O) groups excluding carboxylic acids is 1. The molecule has 1 heterocycles. The lowest BCUT2D eigenvalue weighted by atomic mass is 10.2. The van der Waals surface area contributed by atoms with Gasteiger partial charge in [0.2, 0.25) is 0 Å². The van der Waals surface area contributed by atoms with Crippen molar-refractivity contribution in [2.24, 2.45) is 5.73 Å². The van der Waals surface area contributed by atoms with Crippen LogP contribution in [0.15, 0.2) is 30.3 Å². The van der Waals surface area contributed by atoms with Gasteiger partial charge < -0.3 is 15.4 Å². The van der Waals surface area contributed by atoms with Gasteiger partial charge in [-0.25, -0.2) is 4.79 Å². The topological polar surface area (TPSA) is 58.8 Å². The molecule has 22 heavy (non-hydrogen) atoms. The second kappa shape index (κ2) is 7.11. The minimum Gasteiger partial charge on any atom is -0.445 e. The van der Waals surface area contributed by atoms with Gasteiger partial charge in [-0.2, -0.15) is 0 Å². The molecule has 0 bridgehead atoms. The Bertz CT molecular complexity index is 490. The van der Waals surface area contributed by atoms with Crippen molar-refractivity contribution in [1.29, 1.82) is 0 Å². The number of rotatable bonds is 6. The molecular formula is C17H25N3O2. The normalized spacial score (nSPS) is 21.4. The Kier molecular flexibility index (Phi) is 4.95. The number of hydrogen-bond donors (Lipinski definition) is 1. The van der Waals surface area contributed by atoms with Crippen molar-refractivity contribution in [1.82, 2.24) is 9.80 Å². The van der Waals surface area contributed by atoms with Crippen LogP contribution in [0, 0.1) is 0 Å². The van der Waals surface area contributed by atoms with Crippen molar-refractivity contribution in [3.63, 3.8) is 0 Å². The van der Waals surface area contributed by atoms with Crippen molar-refractivity contribution in [2.45, 2.75) is 38.0 Å². The van der Waals surface area contributed by atoms with Crippen LogP contribution >= 0.6 is 0 Å². The molecule has 0 aromatic heterocycles. The predicted octanol–water partition coefficient (Wildman–Crippen LogP) is 1.82. The fourth-order valence-electron chi connectivity index (χ4n) is 3.21. The van der Waals surface area contributed by atoms with E-state index in [-0.39, 0.29) is 6.09 Å². The first-order valence-electron chi connectivity index (χ1n) is 8.19.